The van der Waals surface area contributed by atoms with Crippen LogP contribution in [0.3, 0.4) is 0 Å². The summed E-state index contributed by atoms with van der Waals surface area (Å²) >= 11 is 3.36. The normalized spacial score (nSPS) is 10.5. The second-order valence-corrected chi connectivity index (χ2v) is 3.85. The maximum Gasteiger partial charge on any atom is 0.165 e. The molecule has 0 aliphatic rings. The van der Waals surface area contributed by atoms with Crippen LogP contribution in [0.2, 0.25) is 0 Å². The molecule has 4 nitrogen and oxygen atoms in total. The molecule has 0 bridgehead atoms. The number of halogens is 1. The minimum Gasteiger partial charge on any atom is -0.472 e. The second-order valence-electron chi connectivity index (χ2n) is 3.06. The number of furan rings is 1. The lowest BCUT2D eigenvalue weighted by Gasteiger charge is -2.05. The van der Waals surface area contributed by atoms with E-state index < -0.39 is 0 Å². The van der Waals surface area contributed by atoms with E-state index in [2.05, 4.69) is 25.9 Å². The molecule has 2 N–H and O–H groups in total. The molecule has 5 heteroatoms. The molecule has 15 heavy (non-hydrogen) atoms. The molecular formula is C10H10BrN3O. The predicted octanol–water partition coefficient (Wildman–Crippen LogP) is 2.64. The molecule has 0 saturated heterocycles. The van der Waals surface area contributed by atoms with Gasteiger partial charge in [0.2, 0.25) is 0 Å². The number of rotatable bonds is 2. The molecule has 0 fully saturated rings. The fourth-order valence-electron chi connectivity index (χ4n) is 1.27. The molecule has 78 valence electrons. The maximum atomic E-state index is 5.77. The van der Waals surface area contributed by atoms with Crippen LogP contribution in [0.4, 0.5) is 5.82 Å². The van der Waals surface area contributed by atoms with Crippen molar-refractivity contribution in [1.29, 1.82) is 0 Å². The van der Waals surface area contributed by atoms with E-state index in [1.165, 1.54) is 0 Å². The van der Waals surface area contributed by atoms with Crippen molar-refractivity contribution < 1.29 is 4.42 Å². The lowest BCUT2D eigenvalue weighted by Crippen LogP contribution is -2.01. The molecule has 0 spiro atoms. The summed E-state index contributed by atoms with van der Waals surface area (Å²) in [6.07, 6.45) is 3.99. The smallest absolute Gasteiger partial charge is 0.165 e. The maximum absolute atomic E-state index is 5.77. The fraction of sp³-hybridized carbons (Fsp3) is 0.200. The lowest BCUT2D eigenvalue weighted by atomic mass is 10.2. The third-order valence-corrected chi connectivity index (χ3v) is 2.92. The number of nitrogens with two attached hydrogens (primary N) is 1. The van der Waals surface area contributed by atoms with Crippen molar-refractivity contribution in [2.75, 3.05) is 5.73 Å². The highest BCUT2D eigenvalue weighted by molar-refractivity contribution is 9.10. The van der Waals surface area contributed by atoms with Crippen molar-refractivity contribution in [3.63, 3.8) is 0 Å². The molecule has 0 aliphatic carbocycles. The van der Waals surface area contributed by atoms with Crippen molar-refractivity contribution in [3.8, 4) is 11.4 Å². The van der Waals surface area contributed by atoms with Crippen molar-refractivity contribution >= 4 is 21.7 Å². The first-order valence-corrected chi connectivity index (χ1v) is 5.36. The van der Waals surface area contributed by atoms with Gasteiger partial charge in [0, 0.05) is 0 Å². The Morgan fingerprint density at radius 3 is 2.87 bits per heavy atom. The van der Waals surface area contributed by atoms with Crippen LogP contribution >= 0.6 is 15.9 Å². The molecule has 0 aliphatic heterocycles. The van der Waals surface area contributed by atoms with Crippen molar-refractivity contribution in [2.45, 2.75) is 13.3 Å². The Bertz CT molecular complexity index is 468. The Kier molecular flexibility index (Phi) is 2.73. The average Bonchev–Trinajstić information content (AvgIpc) is 2.75. The molecule has 0 unspecified atom stereocenters. The zero-order chi connectivity index (χ0) is 10.8. The van der Waals surface area contributed by atoms with Crippen LogP contribution in [0.15, 0.2) is 27.5 Å². The summed E-state index contributed by atoms with van der Waals surface area (Å²) in [7, 11) is 0. The number of hydrogen-bond donors (Lipinski definition) is 1. The molecule has 0 saturated carbocycles. The number of aryl methyl sites for hydroxylation is 1. The van der Waals surface area contributed by atoms with Gasteiger partial charge in [0.1, 0.15) is 12.1 Å². The summed E-state index contributed by atoms with van der Waals surface area (Å²) < 4.78 is 5.76. The Balaban J connectivity index is 2.55. The van der Waals surface area contributed by atoms with Crippen LogP contribution in [0.25, 0.3) is 11.4 Å². The van der Waals surface area contributed by atoms with E-state index in [0.29, 0.717) is 11.6 Å². The van der Waals surface area contributed by atoms with Gasteiger partial charge in [-0.3, -0.25) is 0 Å². The first-order valence-electron chi connectivity index (χ1n) is 4.56. The van der Waals surface area contributed by atoms with Gasteiger partial charge >= 0.3 is 0 Å². The van der Waals surface area contributed by atoms with E-state index in [9.17, 15) is 0 Å². The van der Waals surface area contributed by atoms with Gasteiger partial charge in [0.25, 0.3) is 0 Å². The minimum atomic E-state index is 0.457. The average molecular weight is 268 g/mol. The van der Waals surface area contributed by atoms with Crippen molar-refractivity contribution in [3.05, 3.63) is 28.8 Å². The summed E-state index contributed by atoms with van der Waals surface area (Å²) in [5, 5.41) is 0. The monoisotopic (exact) mass is 267 g/mol. The van der Waals surface area contributed by atoms with E-state index >= 15 is 0 Å². The van der Waals surface area contributed by atoms with Crippen molar-refractivity contribution in [2.24, 2.45) is 0 Å². The molecule has 0 atom stereocenters. The molecule has 2 rings (SSSR count). The van der Waals surface area contributed by atoms with E-state index in [4.69, 9.17) is 10.2 Å². The Morgan fingerprint density at radius 1 is 1.47 bits per heavy atom. The third kappa shape index (κ3) is 1.87. The summed E-state index contributed by atoms with van der Waals surface area (Å²) in [5.74, 6) is 1.05. The second kappa shape index (κ2) is 4.02. The minimum absolute atomic E-state index is 0.457. The number of hydrogen-bond acceptors (Lipinski definition) is 4. The van der Waals surface area contributed by atoms with Crippen LogP contribution in [-0.4, -0.2) is 9.97 Å². The summed E-state index contributed by atoms with van der Waals surface area (Å²) in [4.78, 5) is 8.58. The van der Waals surface area contributed by atoms with Gasteiger partial charge in [-0.25, -0.2) is 9.97 Å². The summed E-state index contributed by atoms with van der Waals surface area (Å²) in [5.41, 5.74) is 7.51. The number of anilines is 1. The van der Waals surface area contributed by atoms with Crippen LogP contribution in [0.5, 0.6) is 0 Å². The van der Waals surface area contributed by atoms with Crippen LogP contribution in [0, 0.1) is 0 Å². The fourth-order valence-corrected chi connectivity index (χ4v) is 1.73. The Hall–Kier alpha value is -1.36. The highest BCUT2D eigenvalue weighted by Gasteiger charge is 2.10. The summed E-state index contributed by atoms with van der Waals surface area (Å²) in [6.45, 7) is 2.02. The third-order valence-electron chi connectivity index (χ3n) is 2.06. The van der Waals surface area contributed by atoms with Gasteiger partial charge in [-0.1, -0.05) is 6.92 Å². The zero-order valence-corrected chi connectivity index (χ0v) is 9.78. The first kappa shape index (κ1) is 10.2. The Morgan fingerprint density at radius 2 is 2.27 bits per heavy atom. The van der Waals surface area contributed by atoms with Gasteiger partial charge in [0.15, 0.2) is 5.82 Å². The van der Waals surface area contributed by atoms with Crippen LogP contribution in [0.1, 0.15) is 12.6 Å². The number of nitrogens with zero attached hydrogens (tertiary/aromatic N) is 2. The van der Waals surface area contributed by atoms with Gasteiger partial charge in [-0.05, 0) is 28.4 Å². The van der Waals surface area contributed by atoms with Gasteiger partial charge < -0.3 is 10.2 Å². The largest absolute Gasteiger partial charge is 0.472 e. The molecule has 0 radical (unpaired) electrons. The van der Waals surface area contributed by atoms with E-state index in [1.807, 2.05) is 13.0 Å². The van der Waals surface area contributed by atoms with E-state index in [-0.39, 0.29) is 0 Å². The quantitative estimate of drug-likeness (QED) is 0.909. The Labute approximate surface area is 95.7 Å². The SMILES string of the molecule is CCc1nc(-c2ccoc2)nc(N)c1Br. The van der Waals surface area contributed by atoms with Crippen LogP contribution in [-0.2, 0) is 6.42 Å². The molecular weight excluding hydrogens is 258 g/mol. The standard InChI is InChI=1S/C10H10BrN3O/c1-2-7-8(11)9(12)14-10(13-7)6-3-4-15-5-6/h3-5H,2H2,1H3,(H2,12,13,14). The molecule has 2 aromatic rings. The van der Waals surface area contributed by atoms with Gasteiger partial charge in [0.05, 0.1) is 22.0 Å². The number of nitrogen functional groups attached to an aromatic ring is 1. The molecule has 2 heterocycles. The van der Waals surface area contributed by atoms with Crippen LogP contribution < -0.4 is 5.73 Å². The van der Waals surface area contributed by atoms with Gasteiger partial charge in [-0.15, -0.1) is 0 Å². The lowest BCUT2D eigenvalue weighted by molar-refractivity contribution is 0.568. The highest BCUT2D eigenvalue weighted by atomic mass is 79.9. The zero-order valence-electron chi connectivity index (χ0n) is 8.20. The highest BCUT2D eigenvalue weighted by Crippen LogP contribution is 2.25. The molecule has 0 aromatic carbocycles. The van der Waals surface area contributed by atoms with E-state index in [1.54, 1.807) is 12.5 Å². The number of aromatic nitrogens is 2. The summed E-state index contributed by atoms with van der Waals surface area (Å²) in [6, 6.07) is 1.81. The molecule has 2 aromatic heterocycles. The van der Waals surface area contributed by atoms with Gasteiger partial charge in [-0.2, -0.15) is 0 Å². The van der Waals surface area contributed by atoms with Crippen molar-refractivity contribution in [1.82, 2.24) is 9.97 Å². The first-order chi connectivity index (χ1) is 7.22. The predicted molar refractivity (Wildman–Crippen MR) is 61.2 cm³/mol. The van der Waals surface area contributed by atoms with E-state index in [0.717, 1.165) is 22.2 Å². The topological polar surface area (TPSA) is 64.9 Å². The molecule has 0 amide bonds.